The highest BCUT2D eigenvalue weighted by Crippen LogP contribution is 2.26. The third kappa shape index (κ3) is 3.51. The molecule has 1 amide bonds. The molecule has 0 radical (unpaired) electrons. The molecule has 4 rings (SSSR count). The van der Waals surface area contributed by atoms with Gasteiger partial charge in [-0.3, -0.25) is 4.79 Å². The van der Waals surface area contributed by atoms with Crippen LogP contribution in [0.15, 0.2) is 54.0 Å². The fourth-order valence-corrected chi connectivity index (χ4v) is 4.04. The number of fused-ring (bicyclic) bond motifs is 1. The maximum atomic E-state index is 12.7. The Morgan fingerprint density at radius 3 is 2.92 bits per heavy atom. The standard InChI is InChI=1S/C20H21N3O2S/c1-15-18-8-5-9-22(18)10-11-23(15)20(24)12-16-14-26-19(21-16)13-25-17-6-3-2-4-7-17/h2-9,14-15H,10-13H2,1H3. The van der Waals surface area contributed by atoms with Crippen LogP contribution < -0.4 is 4.74 Å². The summed E-state index contributed by atoms with van der Waals surface area (Å²) in [7, 11) is 0. The van der Waals surface area contributed by atoms with E-state index < -0.39 is 0 Å². The molecule has 1 atom stereocenters. The van der Waals surface area contributed by atoms with Crippen molar-refractivity contribution in [2.75, 3.05) is 6.54 Å². The predicted octanol–water partition coefficient (Wildman–Crippen LogP) is 3.67. The van der Waals surface area contributed by atoms with Gasteiger partial charge in [-0.15, -0.1) is 11.3 Å². The van der Waals surface area contributed by atoms with Gasteiger partial charge in [0.15, 0.2) is 0 Å². The first-order valence-corrected chi connectivity index (χ1v) is 9.64. The molecule has 0 fully saturated rings. The molecule has 0 spiro atoms. The smallest absolute Gasteiger partial charge is 0.229 e. The number of para-hydroxylation sites is 1. The largest absolute Gasteiger partial charge is 0.486 e. The lowest BCUT2D eigenvalue weighted by atomic mass is 10.1. The SMILES string of the molecule is CC1c2cccn2CCN1C(=O)Cc1csc(COc2ccccc2)n1. The van der Waals surface area contributed by atoms with Gasteiger partial charge in [0, 0.05) is 30.4 Å². The molecule has 3 heterocycles. The number of amides is 1. The zero-order chi connectivity index (χ0) is 17.9. The Bertz CT molecular complexity index is 887. The van der Waals surface area contributed by atoms with Gasteiger partial charge in [-0.05, 0) is 31.2 Å². The molecule has 26 heavy (non-hydrogen) atoms. The van der Waals surface area contributed by atoms with Gasteiger partial charge in [-0.1, -0.05) is 18.2 Å². The van der Waals surface area contributed by atoms with Crippen LogP contribution in [0.25, 0.3) is 0 Å². The molecule has 1 unspecified atom stereocenters. The second kappa shape index (κ2) is 7.33. The van der Waals surface area contributed by atoms with E-state index in [1.807, 2.05) is 46.7 Å². The summed E-state index contributed by atoms with van der Waals surface area (Å²) in [5.41, 5.74) is 2.01. The zero-order valence-corrected chi connectivity index (χ0v) is 15.5. The highest BCUT2D eigenvalue weighted by atomic mass is 32.1. The summed E-state index contributed by atoms with van der Waals surface area (Å²) in [6, 6.07) is 13.9. The number of carbonyl (C=O) groups excluding carboxylic acids is 1. The van der Waals surface area contributed by atoms with E-state index in [1.54, 1.807) is 0 Å². The average molecular weight is 367 g/mol. The van der Waals surface area contributed by atoms with Gasteiger partial charge in [-0.25, -0.2) is 4.98 Å². The minimum atomic E-state index is 0.103. The molecule has 6 heteroatoms. The van der Waals surface area contributed by atoms with Gasteiger partial charge in [0.2, 0.25) is 5.91 Å². The summed E-state index contributed by atoms with van der Waals surface area (Å²) in [6.07, 6.45) is 2.42. The van der Waals surface area contributed by atoms with Crippen molar-refractivity contribution in [3.8, 4) is 5.75 Å². The van der Waals surface area contributed by atoms with Crippen LogP contribution in [0.4, 0.5) is 0 Å². The number of aromatic nitrogens is 2. The molecule has 1 aliphatic heterocycles. The zero-order valence-electron chi connectivity index (χ0n) is 14.7. The molecular formula is C20H21N3O2S. The van der Waals surface area contributed by atoms with Gasteiger partial charge in [0.25, 0.3) is 0 Å². The topological polar surface area (TPSA) is 47.4 Å². The van der Waals surface area contributed by atoms with Crippen molar-refractivity contribution in [2.24, 2.45) is 0 Å². The molecule has 134 valence electrons. The van der Waals surface area contributed by atoms with Gasteiger partial charge in [0.05, 0.1) is 18.2 Å². The van der Waals surface area contributed by atoms with Crippen molar-refractivity contribution >= 4 is 17.2 Å². The quantitative estimate of drug-likeness (QED) is 0.691. The Labute approximate surface area is 156 Å². The van der Waals surface area contributed by atoms with E-state index in [0.29, 0.717) is 13.0 Å². The van der Waals surface area contributed by atoms with Crippen LogP contribution in [0.5, 0.6) is 5.75 Å². The van der Waals surface area contributed by atoms with Gasteiger partial charge in [-0.2, -0.15) is 0 Å². The van der Waals surface area contributed by atoms with Crippen LogP contribution in [0.2, 0.25) is 0 Å². The Balaban J connectivity index is 1.36. The number of carbonyl (C=O) groups is 1. The molecule has 0 saturated heterocycles. The van der Waals surface area contributed by atoms with Crippen molar-refractivity contribution in [1.82, 2.24) is 14.5 Å². The highest BCUT2D eigenvalue weighted by Gasteiger charge is 2.27. The summed E-state index contributed by atoms with van der Waals surface area (Å²) in [4.78, 5) is 19.3. The van der Waals surface area contributed by atoms with E-state index in [-0.39, 0.29) is 11.9 Å². The Morgan fingerprint density at radius 2 is 2.08 bits per heavy atom. The van der Waals surface area contributed by atoms with Crippen molar-refractivity contribution in [2.45, 2.75) is 32.5 Å². The average Bonchev–Trinajstić information content (AvgIpc) is 3.31. The normalized spacial score (nSPS) is 16.3. The number of hydrogen-bond acceptors (Lipinski definition) is 4. The molecule has 0 bridgehead atoms. The van der Waals surface area contributed by atoms with Crippen molar-refractivity contribution in [3.05, 3.63) is 70.4 Å². The lowest BCUT2D eigenvalue weighted by Crippen LogP contribution is -2.41. The molecule has 5 nitrogen and oxygen atoms in total. The number of hydrogen-bond donors (Lipinski definition) is 0. The van der Waals surface area contributed by atoms with E-state index in [9.17, 15) is 4.79 Å². The van der Waals surface area contributed by atoms with Crippen molar-refractivity contribution < 1.29 is 9.53 Å². The first-order chi connectivity index (χ1) is 12.7. The van der Waals surface area contributed by atoms with Crippen LogP contribution in [-0.4, -0.2) is 26.9 Å². The first kappa shape index (κ1) is 16.8. The minimum Gasteiger partial charge on any atom is -0.486 e. The number of ether oxygens (including phenoxy) is 1. The van der Waals surface area contributed by atoms with E-state index in [4.69, 9.17) is 4.74 Å². The molecule has 2 aromatic heterocycles. The first-order valence-electron chi connectivity index (χ1n) is 8.76. The second-order valence-corrected chi connectivity index (χ2v) is 7.34. The maximum Gasteiger partial charge on any atom is 0.229 e. The Hall–Kier alpha value is -2.60. The monoisotopic (exact) mass is 367 g/mol. The molecule has 0 saturated carbocycles. The molecule has 0 N–H and O–H groups in total. The number of rotatable bonds is 5. The third-order valence-electron chi connectivity index (χ3n) is 4.70. The summed E-state index contributed by atoms with van der Waals surface area (Å²) >= 11 is 1.54. The minimum absolute atomic E-state index is 0.103. The molecule has 1 aromatic carbocycles. The summed E-state index contributed by atoms with van der Waals surface area (Å²) < 4.78 is 7.94. The fourth-order valence-electron chi connectivity index (χ4n) is 3.33. The van der Waals surface area contributed by atoms with Gasteiger partial charge < -0.3 is 14.2 Å². The maximum absolute atomic E-state index is 12.7. The van der Waals surface area contributed by atoms with Crippen LogP contribution in [-0.2, 0) is 24.4 Å². The molecule has 1 aliphatic rings. The number of benzene rings is 1. The summed E-state index contributed by atoms with van der Waals surface area (Å²) in [5, 5.41) is 2.84. The van der Waals surface area contributed by atoms with Crippen LogP contribution >= 0.6 is 11.3 Å². The van der Waals surface area contributed by atoms with E-state index in [1.165, 1.54) is 17.0 Å². The van der Waals surface area contributed by atoms with E-state index >= 15 is 0 Å². The van der Waals surface area contributed by atoms with E-state index in [2.05, 4.69) is 28.7 Å². The van der Waals surface area contributed by atoms with Crippen LogP contribution in [0.3, 0.4) is 0 Å². The number of thiazole rings is 1. The predicted molar refractivity (Wildman–Crippen MR) is 101 cm³/mol. The number of nitrogens with zero attached hydrogens (tertiary/aromatic N) is 3. The molecular weight excluding hydrogens is 346 g/mol. The lowest BCUT2D eigenvalue weighted by Gasteiger charge is -2.34. The molecule has 3 aromatic rings. The summed E-state index contributed by atoms with van der Waals surface area (Å²) in [5.74, 6) is 0.955. The Kier molecular flexibility index (Phi) is 4.75. The van der Waals surface area contributed by atoms with Gasteiger partial charge >= 0.3 is 0 Å². The Morgan fingerprint density at radius 1 is 1.23 bits per heavy atom. The van der Waals surface area contributed by atoms with Crippen LogP contribution in [0, 0.1) is 0 Å². The second-order valence-electron chi connectivity index (χ2n) is 6.40. The van der Waals surface area contributed by atoms with E-state index in [0.717, 1.165) is 29.5 Å². The third-order valence-corrected chi connectivity index (χ3v) is 5.57. The van der Waals surface area contributed by atoms with Gasteiger partial charge in [0.1, 0.15) is 17.4 Å². The molecule has 0 aliphatic carbocycles. The van der Waals surface area contributed by atoms with Crippen molar-refractivity contribution in [1.29, 1.82) is 0 Å². The van der Waals surface area contributed by atoms with Crippen LogP contribution in [0.1, 0.15) is 29.4 Å². The lowest BCUT2D eigenvalue weighted by molar-refractivity contribution is -0.133. The highest BCUT2D eigenvalue weighted by molar-refractivity contribution is 7.09. The fraction of sp³-hybridized carbons (Fsp3) is 0.300. The van der Waals surface area contributed by atoms with Crippen molar-refractivity contribution in [3.63, 3.8) is 0 Å². The summed E-state index contributed by atoms with van der Waals surface area (Å²) in [6.45, 7) is 4.11.